The summed E-state index contributed by atoms with van der Waals surface area (Å²) >= 11 is 1.39. The third kappa shape index (κ3) is 5.50. The number of fused-ring (bicyclic) bond motifs is 1. The van der Waals surface area contributed by atoms with Crippen molar-refractivity contribution in [3.8, 4) is 23.0 Å². The van der Waals surface area contributed by atoms with Crippen molar-refractivity contribution in [1.29, 1.82) is 0 Å². The largest absolute Gasteiger partial charge is 0.490 e. The Bertz CT molecular complexity index is 1430. The molecule has 1 fully saturated rings. The van der Waals surface area contributed by atoms with Gasteiger partial charge in [0.25, 0.3) is 5.91 Å². The Balaban J connectivity index is 1.36. The SMILES string of the molecule is CCOc1cc(/C=C2/SC(=Nc3cc(C)ccc3C)N(CC)C2=O)ccc1OCc1ccc2c(c1)OCO2. The van der Waals surface area contributed by atoms with Gasteiger partial charge in [-0.1, -0.05) is 24.3 Å². The Kier molecular flexibility index (Phi) is 7.60. The van der Waals surface area contributed by atoms with E-state index in [2.05, 4.69) is 12.1 Å². The van der Waals surface area contributed by atoms with E-state index in [-0.39, 0.29) is 12.7 Å². The molecule has 0 saturated carbocycles. The molecule has 196 valence electrons. The van der Waals surface area contributed by atoms with Gasteiger partial charge in [0.05, 0.1) is 17.2 Å². The van der Waals surface area contributed by atoms with E-state index in [1.54, 1.807) is 4.90 Å². The number of carbonyl (C=O) groups excluding carboxylic acids is 1. The number of carbonyl (C=O) groups is 1. The smallest absolute Gasteiger partial charge is 0.266 e. The molecule has 0 spiro atoms. The molecule has 8 heteroatoms. The molecule has 38 heavy (non-hydrogen) atoms. The van der Waals surface area contributed by atoms with Gasteiger partial charge in [0.2, 0.25) is 6.79 Å². The van der Waals surface area contributed by atoms with Gasteiger partial charge in [0.1, 0.15) is 6.61 Å². The molecule has 2 aliphatic heterocycles. The van der Waals surface area contributed by atoms with E-state index in [0.29, 0.717) is 41.3 Å². The highest BCUT2D eigenvalue weighted by atomic mass is 32.2. The lowest BCUT2D eigenvalue weighted by Gasteiger charge is -2.13. The molecule has 0 bridgehead atoms. The number of likely N-dealkylation sites (N-methyl/N-ethyl adjacent to an activating group) is 1. The molecule has 0 unspecified atom stereocenters. The molecule has 1 saturated heterocycles. The number of nitrogens with zero attached hydrogens (tertiary/aromatic N) is 2. The molecular formula is C30H30N2O5S. The molecule has 3 aromatic carbocycles. The molecule has 1 amide bonds. The summed E-state index contributed by atoms with van der Waals surface area (Å²) in [7, 11) is 0. The molecule has 7 nitrogen and oxygen atoms in total. The van der Waals surface area contributed by atoms with E-state index in [4.69, 9.17) is 23.9 Å². The van der Waals surface area contributed by atoms with E-state index in [1.807, 2.05) is 76.2 Å². The van der Waals surface area contributed by atoms with E-state index < -0.39 is 0 Å². The molecule has 0 aliphatic carbocycles. The number of benzene rings is 3. The Morgan fingerprint density at radius 1 is 0.974 bits per heavy atom. The minimum absolute atomic E-state index is 0.0531. The summed E-state index contributed by atoms with van der Waals surface area (Å²) in [6, 6.07) is 17.6. The molecule has 5 rings (SSSR count). The van der Waals surface area contributed by atoms with Crippen LogP contribution in [0.4, 0.5) is 5.69 Å². The predicted octanol–water partition coefficient (Wildman–Crippen LogP) is 6.63. The average molecular weight is 531 g/mol. The second kappa shape index (κ2) is 11.2. The molecule has 3 aromatic rings. The van der Waals surface area contributed by atoms with E-state index in [1.165, 1.54) is 11.8 Å². The fourth-order valence-electron chi connectivity index (χ4n) is 4.16. The quantitative estimate of drug-likeness (QED) is 0.304. The first-order valence-corrected chi connectivity index (χ1v) is 13.4. The van der Waals surface area contributed by atoms with E-state index in [9.17, 15) is 4.79 Å². The second-order valence-electron chi connectivity index (χ2n) is 8.96. The summed E-state index contributed by atoms with van der Waals surface area (Å²) in [4.78, 5) is 20.4. The second-order valence-corrected chi connectivity index (χ2v) is 9.97. The van der Waals surface area contributed by atoms with Gasteiger partial charge in [0.15, 0.2) is 28.2 Å². The van der Waals surface area contributed by atoms with Crippen molar-refractivity contribution >= 4 is 34.6 Å². The Hall–Kier alpha value is -3.91. The predicted molar refractivity (Wildman–Crippen MR) is 150 cm³/mol. The maximum absolute atomic E-state index is 13.2. The van der Waals surface area contributed by atoms with Crippen LogP contribution in [0.25, 0.3) is 6.08 Å². The van der Waals surface area contributed by atoms with Crippen LogP contribution in [-0.4, -0.2) is 35.9 Å². The average Bonchev–Trinajstić information content (AvgIpc) is 3.49. The van der Waals surface area contributed by atoms with Crippen molar-refractivity contribution in [3.05, 3.63) is 81.8 Å². The maximum atomic E-state index is 13.2. The van der Waals surface area contributed by atoms with Gasteiger partial charge < -0.3 is 18.9 Å². The van der Waals surface area contributed by atoms with Crippen molar-refractivity contribution in [1.82, 2.24) is 4.90 Å². The number of thioether (sulfide) groups is 1. The number of amidine groups is 1. The normalized spacial score (nSPS) is 16.5. The lowest BCUT2D eigenvalue weighted by molar-refractivity contribution is -0.122. The number of amides is 1. The van der Waals surface area contributed by atoms with Crippen molar-refractivity contribution in [2.45, 2.75) is 34.3 Å². The number of hydrogen-bond donors (Lipinski definition) is 0. The monoisotopic (exact) mass is 530 g/mol. The van der Waals surface area contributed by atoms with Crippen LogP contribution in [0.15, 0.2) is 64.5 Å². The standard InChI is InChI=1S/C30H30N2O5S/c1-5-32-29(33)28(38-30(32)31-23-13-19(3)7-8-20(23)4)16-21-9-11-24(26(14-21)34-6-2)35-17-22-10-12-25-27(15-22)37-18-36-25/h7-16H,5-6,17-18H2,1-4H3/b28-16+,31-30?. The lowest BCUT2D eigenvalue weighted by Crippen LogP contribution is -2.28. The molecule has 2 heterocycles. The molecule has 2 aliphatic rings. The number of ether oxygens (including phenoxy) is 4. The summed E-state index contributed by atoms with van der Waals surface area (Å²) in [6.07, 6.45) is 1.88. The van der Waals surface area contributed by atoms with Gasteiger partial charge in [-0.3, -0.25) is 9.69 Å². The topological polar surface area (TPSA) is 69.6 Å². The van der Waals surface area contributed by atoms with Crippen LogP contribution < -0.4 is 18.9 Å². The number of aryl methyl sites for hydroxylation is 2. The van der Waals surface area contributed by atoms with Crippen molar-refractivity contribution < 1.29 is 23.7 Å². The van der Waals surface area contributed by atoms with Crippen LogP contribution in [0, 0.1) is 13.8 Å². The summed E-state index contributed by atoms with van der Waals surface area (Å²) < 4.78 is 22.8. The highest BCUT2D eigenvalue weighted by Gasteiger charge is 2.32. The first kappa shape index (κ1) is 25.7. The summed E-state index contributed by atoms with van der Waals surface area (Å²) in [5, 5.41) is 0.686. The number of rotatable bonds is 8. The summed E-state index contributed by atoms with van der Waals surface area (Å²) in [6.45, 7) is 9.58. The molecule has 0 radical (unpaired) electrons. The van der Waals surface area contributed by atoms with Crippen molar-refractivity contribution in [2.24, 2.45) is 4.99 Å². The highest BCUT2D eigenvalue weighted by Crippen LogP contribution is 2.37. The van der Waals surface area contributed by atoms with Crippen LogP contribution in [0.1, 0.15) is 36.1 Å². The Labute approximate surface area is 227 Å². The number of aliphatic imine (C=N–C) groups is 1. The van der Waals surface area contributed by atoms with Gasteiger partial charge in [-0.25, -0.2) is 4.99 Å². The van der Waals surface area contributed by atoms with Crippen LogP contribution in [0.3, 0.4) is 0 Å². The van der Waals surface area contributed by atoms with Crippen molar-refractivity contribution in [2.75, 3.05) is 19.9 Å². The van der Waals surface area contributed by atoms with Gasteiger partial charge in [-0.2, -0.15) is 0 Å². The van der Waals surface area contributed by atoms with Crippen molar-refractivity contribution in [3.63, 3.8) is 0 Å². The third-order valence-electron chi connectivity index (χ3n) is 6.18. The van der Waals surface area contributed by atoms with Crippen LogP contribution >= 0.6 is 11.8 Å². The molecule has 0 N–H and O–H groups in total. The van der Waals surface area contributed by atoms with E-state index >= 15 is 0 Å². The Morgan fingerprint density at radius 2 is 1.82 bits per heavy atom. The zero-order chi connectivity index (χ0) is 26.6. The fourth-order valence-corrected chi connectivity index (χ4v) is 5.21. The van der Waals surface area contributed by atoms with Gasteiger partial charge in [-0.15, -0.1) is 0 Å². The zero-order valence-corrected chi connectivity index (χ0v) is 22.8. The van der Waals surface area contributed by atoms with Gasteiger partial charge in [-0.05, 0) is 98.1 Å². The van der Waals surface area contributed by atoms with Crippen LogP contribution in [0.2, 0.25) is 0 Å². The van der Waals surface area contributed by atoms with Gasteiger partial charge >= 0.3 is 0 Å². The molecule has 0 atom stereocenters. The first-order valence-electron chi connectivity index (χ1n) is 12.6. The zero-order valence-electron chi connectivity index (χ0n) is 21.9. The van der Waals surface area contributed by atoms with Gasteiger partial charge in [0, 0.05) is 6.54 Å². The maximum Gasteiger partial charge on any atom is 0.266 e. The van der Waals surface area contributed by atoms with Crippen LogP contribution in [0.5, 0.6) is 23.0 Å². The van der Waals surface area contributed by atoms with Crippen LogP contribution in [-0.2, 0) is 11.4 Å². The molecular weight excluding hydrogens is 500 g/mol. The molecule has 0 aromatic heterocycles. The highest BCUT2D eigenvalue weighted by molar-refractivity contribution is 8.18. The fraction of sp³-hybridized carbons (Fsp3) is 0.267. The lowest BCUT2D eigenvalue weighted by atomic mass is 10.1. The third-order valence-corrected chi connectivity index (χ3v) is 7.19. The summed E-state index contributed by atoms with van der Waals surface area (Å²) in [5.74, 6) is 2.66. The minimum atomic E-state index is -0.0531. The summed E-state index contributed by atoms with van der Waals surface area (Å²) in [5.41, 5.74) is 4.90. The Morgan fingerprint density at radius 3 is 2.63 bits per heavy atom. The van der Waals surface area contributed by atoms with E-state index in [0.717, 1.165) is 39.4 Å². The first-order chi connectivity index (χ1) is 18.4. The minimum Gasteiger partial charge on any atom is -0.490 e. The number of hydrogen-bond acceptors (Lipinski definition) is 7.